The number of hydrogen-bond donors (Lipinski definition) is 2. The summed E-state index contributed by atoms with van der Waals surface area (Å²) in [6.07, 6.45) is 4.40. The SMILES string of the molecule is CCN(CC1CCC(CC(=O)O)CC1)c1ccc(C(F)(F)F)cc1CNc1ncc(OCCSC)cn1. The number of hydrogen-bond acceptors (Lipinski definition) is 7. The predicted octanol–water partition coefficient (Wildman–Crippen LogP) is 5.96. The van der Waals surface area contributed by atoms with Crippen LogP contribution in [0.2, 0.25) is 0 Å². The molecular weight excluding hydrogens is 505 g/mol. The third-order valence-electron chi connectivity index (χ3n) is 6.66. The number of carboxylic acids is 1. The Bertz CT molecular complexity index is 1000. The van der Waals surface area contributed by atoms with E-state index < -0.39 is 17.7 Å². The Morgan fingerprint density at radius 1 is 1.19 bits per heavy atom. The molecule has 0 amide bonds. The van der Waals surface area contributed by atoms with Gasteiger partial charge < -0.3 is 20.1 Å². The maximum atomic E-state index is 13.5. The number of anilines is 2. The van der Waals surface area contributed by atoms with Gasteiger partial charge in [-0.1, -0.05) is 0 Å². The molecule has 204 valence electrons. The molecule has 0 spiro atoms. The second-order valence-electron chi connectivity index (χ2n) is 9.30. The van der Waals surface area contributed by atoms with Gasteiger partial charge in [0.15, 0.2) is 5.75 Å². The van der Waals surface area contributed by atoms with E-state index in [9.17, 15) is 18.0 Å². The lowest BCUT2D eigenvalue weighted by Gasteiger charge is -2.34. The second-order valence-corrected chi connectivity index (χ2v) is 10.3. The van der Waals surface area contributed by atoms with E-state index in [-0.39, 0.29) is 18.9 Å². The molecule has 3 rings (SSSR count). The van der Waals surface area contributed by atoms with Gasteiger partial charge in [0.2, 0.25) is 5.95 Å². The van der Waals surface area contributed by atoms with Crippen LogP contribution in [0.4, 0.5) is 24.8 Å². The largest absolute Gasteiger partial charge is 0.489 e. The molecule has 0 bridgehead atoms. The minimum absolute atomic E-state index is 0.133. The van der Waals surface area contributed by atoms with Crippen LogP contribution in [0.15, 0.2) is 30.6 Å². The molecule has 1 heterocycles. The Hall–Kier alpha value is -2.69. The van der Waals surface area contributed by atoms with E-state index in [0.29, 0.717) is 42.9 Å². The van der Waals surface area contributed by atoms with Crippen molar-refractivity contribution in [3.05, 3.63) is 41.7 Å². The van der Waals surface area contributed by atoms with Gasteiger partial charge in [-0.15, -0.1) is 0 Å². The quantitative estimate of drug-likeness (QED) is 0.301. The zero-order valence-electron chi connectivity index (χ0n) is 21.3. The van der Waals surface area contributed by atoms with E-state index in [2.05, 4.69) is 20.2 Å². The maximum absolute atomic E-state index is 13.5. The van der Waals surface area contributed by atoms with Gasteiger partial charge in [-0.2, -0.15) is 24.9 Å². The van der Waals surface area contributed by atoms with Crippen molar-refractivity contribution in [3.63, 3.8) is 0 Å². The molecule has 1 aliphatic carbocycles. The average molecular weight is 541 g/mol. The van der Waals surface area contributed by atoms with E-state index in [0.717, 1.165) is 43.2 Å². The number of carboxylic acid groups (broad SMARTS) is 1. The molecule has 2 N–H and O–H groups in total. The topological polar surface area (TPSA) is 87.6 Å². The summed E-state index contributed by atoms with van der Waals surface area (Å²) in [7, 11) is 0. The van der Waals surface area contributed by atoms with Crippen molar-refractivity contribution in [2.75, 3.05) is 41.9 Å². The van der Waals surface area contributed by atoms with Crippen LogP contribution in [0.3, 0.4) is 0 Å². The van der Waals surface area contributed by atoms with Crippen LogP contribution >= 0.6 is 11.8 Å². The summed E-state index contributed by atoms with van der Waals surface area (Å²) in [6.45, 7) is 4.02. The summed E-state index contributed by atoms with van der Waals surface area (Å²) in [5.41, 5.74) is 0.560. The molecule has 2 aromatic rings. The van der Waals surface area contributed by atoms with E-state index >= 15 is 0 Å². The van der Waals surface area contributed by atoms with Crippen molar-refractivity contribution in [2.45, 2.75) is 51.7 Å². The second kappa shape index (κ2) is 13.7. The van der Waals surface area contributed by atoms with Gasteiger partial charge in [-0.3, -0.25) is 4.79 Å². The van der Waals surface area contributed by atoms with Crippen LogP contribution in [0.1, 0.15) is 50.2 Å². The average Bonchev–Trinajstić information content (AvgIpc) is 2.87. The Kier molecular flexibility index (Phi) is 10.7. The van der Waals surface area contributed by atoms with Crippen LogP contribution < -0.4 is 15.0 Å². The molecule has 1 saturated carbocycles. The first-order valence-corrected chi connectivity index (χ1v) is 13.9. The van der Waals surface area contributed by atoms with Crippen LogP contribution in [-0.2, 0) is 17.5 Å². The van der Waals surface area contributed by atoms with Crippen LogP contribution in [0.25, 0.3) is 0 Å². The highest BCUT2D eigenvalue weighted by Crippen LogP contribution is 2.35. The summed E-state index contributed by atoms with van der Waals surface area (Å²) in [6, 6.07) is 3.86. The molecule has 0 unspecified atom stereocenters. The first-order chi connectivity index (χ1) is 17.7. The summed E-state index contributed by atoms with van der Waals surface area (Å²) >= 11 is 1.67. The molecule has 1 aromatic carbocycles. The van der Waals surface area contributed by atoms with Crippen molar-refractivity contribution in [2.24, 2.45) is 11.8 Å². The van der Waals surface area contributed by atoms with E-state index in [1.54, 1.807) is 30.2 Å². The normalized spacial score (nSPS) is 17.9. The number of alkyl halides is 3. The molecule has 0 aliphatic heterocycles. The summed E-state index contributed by atoms with van der Waals surface area (Å²) in [4.78, 5) is 21.6. The molecule has 0 saturated heterocycles. The molecule has 7 nitrogen and oxygen atoms in total. The van der Waals surface area contributed by atoms with Crippen molar-refractivity contribution >= 4 is 29.4 Å². The van der Waals surface area contributed by atoms with Gasteiger partial charge in [0.1, 0.15) is 0 Å². The number of nitrogens with one attached hydrogen (secondary N) is 1. The molecule has 1 fully saturated rings. The molecule has 1 aliphatic rings. The molecular formula is C26H35F3N4O3S. The van der Waals surface area contributed by atoms with Crippen molar-refractivity contribution < 1.29 is 27.8 Å². The molecule has 0 atom stereocenters. The van der Waals surface area contributed by atoms with E-state index in [1.165, 1.54) is 6.07 Å². The van der Waals surface area contributed by atoms with Gasteiger partial charge in [0.05, 0.1) is 24.6 Å². The third-order valence-corrected chi connectivity index (χ3v) is 7.23. The monoisotopic (exact) mass is 540 g/mol. The molecule has 11 heteroatoms. The minimum Gasteiger partial charge on any atom is -0.489 e. The lowest BCUT2D eigenvalue weighted by molar-refractivity contribution is -0.139. The molecule has 0 radical (unpaired) electrons. The Morgan fingerprint density at radius 3 is 2.46 bits per heavy atom. The Balaban J connectivity index is 1.71. The van der Waals surface area contributed by atoms with Gasteiger partial charge in [0.25, 0.3) is 0 Å². The Morgan fingerprint density at radius 2 is 1.86 bits per heavy atom. The van der Waals surface area contributed by atoms with E-state index in [4.69, 9.17) is 9.84 Å². The van der Waals surface area contributed by atoms with Gasteiger partial charge in [0, 0.05) is 37.5 Å². The Labute approximate surface area is 220 Å². The van der Waals surface area contributed by atoms with Gasteiger partial charge >= 0.3 is 12.1 Å². The summed E-state index contributed by atoms with van der Waals surface area (Å²) < 4.78 is 46.1. The number of rotatable bonds is 13. The number of halogens is 3. The number of nitrogens with zero attached hydrogens (tertiary/aromatic N) is 3. The lowest BCUT2D eigenvalue weighted by Crippen LogP contribution is -2.32. The number of ether oxygens (including phenoxy) is 1. The summed E-state index contributed by atoms with van der Waals surface area (Å²) in [5, 5.41) is 12.1. The lowest BCUT2D eigenvalue weighted by atomic mass is 9.80. The standard InChI is InChI=1S/C26H35F3N4O3S/c1-3-33(17-19-6-4-18(5-7-19)12-24(34)35)23-9-8-21(26(27,28)29)13-20(23)14-30-25-31-15-22(16-32-25)36-10-11-37-2/h8-9,13,15-16,18-19H,3-7,10-12,14,17H2,1-2H3,(H,34,35)(H,30,31,32). The first kappa shape index (κ1) is 28.9. The summed E-state index contributed by atoms with van der Waals surface area (Å²) in [5.74, 6) is 1.50. The van der Waals surface area contributed by atoms with Gasteiger partial charge in [-0.25, -0.2) is 9.97 Å². The number of aliphatic carboxylic acids is 1. The van der Waals surface area contributed by atoms with Crippen molar-refractivity contribution in [3.8, 4) is 5.75 Å². The number of benzene rings is 1. The van der Waals surface area contributed by atoms with Crippen molar-refractivity contribution in [1.29, 1.82) is 0 Å². The fourth-order valence-electron chi connectivity index (χ4n) is 4.69. The van der Waals surface area contributed by atoms with Crippen LogP contribution in [0, 0.1) is 11.8 Å². The predicted molar refractivity (Wildman–Crippen MR) is 140 cm³/mol. The zero-order chi connectivity index (χ0) is 26.8. The minimum atomic E-state index is -4.45. The highest BCUT2D eigenvalue weighted by atomic mass is 32.2. The van der Waals surface area contributed by atoms with E-state index in [1.807, 2.05) is 13.2 Å². The molecule has 1 aromatic heterocycles. The fourth-order valence-corrected chi connectivity index (χ4v) is 4.94. The third kappa shape index (κ3) is 8.98. The van der Waals surface area contributed by atoms with Crippen LogP contribution in [0.5, 0.6) is 5.75 Å². The highest BCUT2D eigenvalue weighted by molar-refractivity contribution is 7.98. The van der Waals surface area contributed by atoms with Crippen LogP contribution in [-0.4, -0.2) is 52.7 Å². The number of aromatic nitrogens is 2. The van der Waals surface area contributed by atoms with Gasteiger partial charge in [-0.05, 0) is 74.5 Å². The molecule has 37 heavy (non-hydrogen) atoms. The zero-order valence-corrected chi connectivity index (χ0v) is 22.1. The highest BCUT2D eigenvalue weighted by Gasteiger charge is 2.32. The van der Waals surface area contributed by atoms with Crippen molar-refractivity contribution in [1.82, 2.24) is 9.97 Å². The fraction of sp³-hybridized carbons (Fsp3) is 0.577. The number of carbonyl (C=O) groups is 1. The maximum Gasteiger partial charge on any atom is 0.416 e. The smallest absolute Gasteiger partial charge is 0.416 e. The first-order valence-electron chi connectivity index (χ1n) is 12.5. The number of thioether (sulfide) groups is 1.